The first kappa shape index (κ1) is 14.6. The lowest BCUT2D eigenvalue weighted by atomic mass is 10.2. The zero-order chi connectivity index (χ0) is 15.7. The lowest BCUT2D eigenvalue weighted by molar-refractivity contribution is 0.0930. The summed E-state index contributed by atoms with van der Waals surface area (Å²) in [6, 6.07) is 7.15. The van der Waals surface area contributed by atoms with Crippen molar-refractivity contribution in [1.82, 2.24) is 10.3 Å². The predicted molar refractivity (Wildman–Crippen MR) is 83.9 cm³/mol. The summed E-state index contributed by atoms with van der Waals surface area (Å²) in [5.74, 6) is 2.00. The molecule has 1 atom stereocenters. The van der Waals surface area contributed by atoms with Gasteiger partial charge in [0.15, 0.2) is 10.8 Å². The zero-order valence-corrected chi connectivity index (χ0v) is 13.4. The maximum absolute atomic E-state index is 12.4. The highest BCUT2D eigenvalue weighted by atomic mass is 32.1. The number of furan rings is 2. The molecule has 0 aliphatic rings. The lowest BCUT2D eigenvalue weighted by Crippen LogP contribution is -2.27. The largest absolute Gasteiger partial charge is 0.464 e. The van der Waals surface area contributed by atoms with E-state index in [2.05, 4.69) is 10.3 Å². The number of hydrogen-bond donors (Lipinski definition) is 1. The molecule has 1 N–H and O–H groups in total. The highest BCUT2D eigenvalue weighted by Crippen LogP contribution is 2.28. The van der Waals surface area contributed by atoms with E-state index in [0.717, 1.165) is 16.4 Å². The second-order valence-electron chi connectivity index (χ2n) is 5.04. The Bertz CT molecular complexity index is 786. The SMILES string of the molecule is Cc1ccc(C(C)NC(=O)c2nc(-c3ccco3)sc2C)o1. The summed E-state index contributed by atoms with van der Waals surface area (Å²) in [6.45, 7) is 5.63. The Kier molecular flexibility index (Phi) is 3.85. The van der Waals surface area contributed by atoms with Gasteiger partial charge in [-0.05, 0) is 45.0 Å². The first-order valence-corrected chi connectivity index (χ1v) is 7.74. The summed E-state index contributed by atoms with van der Waals surface area (Å²) in [5, 5.41) is 3.61. The van der Waals surface area contributed by atoms with E-state index in [0.29, 0.717) is 16.5 Å². The van der Waals surface area contributed by atoms with Crippen LogP contribution in [0.2, 0.25) is 0 Å². The summed E-state index contributed by atoms with van der Waals surface area (Å²) in [6.07, 6.45) is 1.59. The fourth-order valence-corrected chi connectivity index (χ4v) is 3.01. The van der Waals surface area contributed by atoms with Crippen molar-refractivity contribution in [2.75, 3.05) is 0 Å². The van der Waals surface area contributed by atoms with E-state index < -0.39 is 0 Å². The van der Waals surface area contributed by atoms with E-state index in [1.165, 1.54) is 11.3 Å². The molecule has 0 aromatic carbocycles. The Morgan fingerprint density at radius 2 is 2.14 bits per heavy atom. The molecule has 0 saturated heterocycles. The maximum Gasteiger partial charge on any atom is 0.271 e. The van der Waals surface area contributed by atoms with Gasteiger partial charge in [-0.2, -0.15) is 0 Å². The number of aromatic nitrogens is 1. The first-order chi connectivity index (χ1) is 10.5. The first-order valence-electron chi connectivity index (χ1n) is 6.93. The number of amides is 1. The van der Waals surface area contributed by atoms with Crippen LogP contribution in [-0.2, 0) is 0 Å². The number of nitrogens with one attached hydrogen (secondary N) is 1. The van der Waals surface area contributed by atoms with Crippen LogP contribution < -0.4 is 5.32 Å². The predicted octanol–water partition coefficient (Wildman–Crippen LogP) is 4.10. The fourth-order valence-electron chi connectivity index (χ4n) is 2.14. The van der Waals surface area contributed by atoms with Gasteiger partial charge in [0.05, 0.1) is 12.3 Å². The number of thiazole rings is 1. The van der Waals surface area contributed by atoms with Crippen LogP contribution in [0, 0.1) is 13.8 Å². The topological polar surface area (TPSA) is 68.3 Å². The van der Waals surface area contributed by atoms with E-state index in [1.807, 2.05) is 39.0 Å². The van der Waals surface area contributed by atoms with Gasteiger partial charge in [0, 0.05) is 4.88 Å². The molecule has 22 heavy (non-hydrogen) atoms. The van der Waals surface area contributed by atoms with E-state index in [9.17, 15) is 4.79 Å². The van der Waals surface area contributed by atoms with Crippen LogP contribution in [0.15, 0.2) is 39.4 Å². The summed E-state index contributed by atoms with van der Waals surface area (Å²) in [7, 11) is 0. The molecule has 3 heterocycles. The Labute approximate surface area is 132 Å². The van der Waals surface area contributed by atoms with E-state index in [4.69, 9.17) is 8.83 Å². The number of hydrogen-bond acceptors (Lipinski definition) is 5. The van der Waals surface area contributed by atoms with Gasteiger partial charge in [-0.15, -0.1) is 11.3 Å². The van der Waals surface area contributed by atoms with Gasteiger partial charge in [0.25, 0.3) is 5.91 Å². The Balaban J connectivity index is 1.78. The van der Waals surface area contributed by atoms with E-state index in [1.54, 1.807) is 12.3 Å². The number of carbonyl (C=O) groups excluding carboxylic acids is 1. The van der Waals surface area contributed by atoms with Crippen LogP contribution in [0.5, 0.6) is 0 Å². The molecule has 5 nitrogen and oxygen atoms in total. The van der Waals surface area contributed by atoms with Crippen molar-refractivity contribution in [2.45, 2.75) is 26.8 Å². The van der Waals surface area contributed by atoms with Crippen molar-refractivity contribution in [3.8, 4) is 10.8 Å². The molecule has 0 aliphatic carbocycles. The minimum Gasteiger partial charge on any atom is -0.464 e. The Morgan fingerprint density at radius 1 is 1.32 bits per heavy atom. The summed E-state index contributed by atoms with van der Waals surface area (Å²) >= 11 is 1.44. The number of rotatable bonds is 4. The number of nitrogens with zero attached hydrogens (tertiary/aromatic N) is 1. The molecule has 3 rings (SSSR count). The minimum atomic E-state index is -0.215. The van der Waals surface area contributed by atoms with Gasteiger partial charge >= 0.3 is 0 Å². The van der Waals surface area contributed by atoms with Crippen LogP contribution in [0.4, 0.5) is 0 Å². The van der Waals surface area contributed by atoms with Crippen LogP contribution >= 0.6 is 11.3 Å². The molecule has 0 bridgehead atoms. The van der Waals surface area contributed by atoms with Gasteiger partial charge < -0.3 is 14.2 Å². The highest BCUT2D eigenvalue weighted by molar-refractivity contribution is 7.15. The number of carbonyl (C=O) groups is 1. The molecule has 1 unspecified atom stereocenters. The number of aryl methyl sites for hydroxylation is 2. The molecular formula is C16H16N2O3S. The zero-order valence-electron chi connectivity index (χ0n) is 12.5. The van der Waals surface area contributed by atoms with Gasteiger partial charge in [-0.3, -0.25) is 4.79 Å². The van der Waals surface area contributed by atoms with Gasteiger partial charge in [-0.1, -0.05) is 0 Å². The standard InChI is InChI=1S/C16H16N2O3S/c1-9-6-7-12(21-9)10(2)17-15(19)14-11(3)22-16(18-14)13-5-4-8-20-13/h4-8,10H,1-3H3,(H,17,19). The van der Waals surface area contributed by atoms with Crippen molar-refractivity contribution < 1.29 is 13.6 Å². The van der Waals surface area contributed by atoms with Crippen LogP contribution in [0.25, 0.3) is 10.8 Å². The molecule has 3 aromatic rings. The molecule has 0 fully saturated rings. The van der Waals surface area contributed by atoms with Crippen molar-refractivity contribution >= 4 is 17.2 Å². The smallest absolute Gasteiger partial charge is 0.271 e. The van der Waals surface area contributed by atoms with Gasteiger partial charge in [-0.25, -0.2) is 4.98 Å². The van der Waals surface area contributed by atoms with Crippen molar-refractivity contribution in [3.63, 3.8) is 0 Å². The lowest BCUT2D eigenvalue weighted by Gasteiger charge is -2.10. The quantitative estimate of drug-likeness (QED) is 0.786. The van der Waals surface area contributed by atoms with Gasteiger partial charge in [0.1, 0.15) is 17.2 Å². The molecule has 0 saturated carbocycles. The van der Waals surface area contributed by atoms with Crippen LogP contribution in [0.3, 0.4) is 0 Å². The molecule has 0 radical (unpaired) electrons. The average Bonchev–Trinajstić information content (AvgIpc) is 3.18. The summed E-state index contributed by atoms with van der Waals surface area (Å²) in [4.78, 5) is 17.6. The Hall–Kier alpha value is -2.34. The molecule has 114 valence electrons. The van der Waals surface area contributed by atoms with Crippen LogP contribution in [-0.4, -0.2) is 10.9 Å². The molecule has 1 amide bonds. The van der Waals surface area contributed by atoms with Crippen LogP contribution in [0.1, 0.15) is 39.9 Å². The fraction of sp³-hybridized carbons (Fsp3) is 0.250. The third-order valence-electron chi connectivity index (χ3n) is 3.28. The minimum absolute atomic E-state index is 0.214. The molecule has 3 aromatic heterocycles. The maximum atomic E-state index is 12.4. The van der Waals surface area contributed by atoms with Crippen molar-refractivity contribution in [2.24, 2.45) is 0 Å². The second-order valence-corrected chi connectivity index (χ2v) is 6.25. The normalized spacial score (nSPS) is 12.3. The van der Waals surface area contributed by atoms with E-state index >= 15 is 0 Å². The monoisotopic (exact) mass is 316 g/mol. The average molecular weight is 316 g/mol. The van der Waals surface area contributed by atoms with Crippen molar-refractivity contribution in [1.29, 1.82) is 0 Å². The Morgan fingerprint density at radius 3 is 2.77 bits per heavy atom. The second kappa shape index (κ2) is 5.81. The van der Waals surface area contributed by atoms with Crippen molar-refractivity contribution in [3.05, 3.63) is 52.6 Å². The third-order valence-corrected chi connectivity index (χ3v) is 4.26. The molecular weight excluding hydrogens is 300 g/mol. The molecule has 0 spiro atoms. The summed E-state index contributed by atoms with van der Waals surface area (Å²) in [5.41, 5.74) is 0.423. The van der Waals surface area contributed by atoms with E-state index in [-0.39, 0.29) is 11.9 Å². The molecule has 6 heteroatoms. The third kappa shape index (κ3) is 2.82. The highest BCUT2D eigenvalue weighted by Gasteiger charge is 2.20. The van der Waals surface area contributed by atoms with Gasteiger partial charge in [0.2, 0.25) is 0 Å². The molecule has 0 aliphatic heterocycles. The summed E-state index contributed by atoms with van der Waals surface area (Å²) < 4.78 is 10.9.